The van der Waals surface area contributed by atoms with E-state index in [1.165, 1.54) is 64.7 Å². The smallest absolute Gasteiger partial charge is 0.0227 e. The quantitative estimate of drug-likeness (QED) is 0.694. The molecule has 1 unspecified atom stereocenters. The molecule has 3 nitrogen and oxygen atoms in total. The number of nitrogens with one attached hydrogen (secondary N) is 2. The average molecular weight is 197 g/mol. The fraction of sp³-hybridized carbons (Fsp3) is 1.00. The molecule has 2 N–H and O–H groups in total. The molecule has 1 atom stereocenters. The Labute approximate surface area is 87.2 Å². The van der Waals surface area contributed by atoms with E-state index in [1.807, 2.05) is 0 Å². The first kappa shape index (κ1) is 10.4. The van der Waals surface area contributed by atoms with Gasteiger partial charge in [-0.05, 0) is 45.2 Å². The molecule has 0 radical (unpaired) electrons. The summed E-state index contributed by atoms with van der Waals surface area (Å²) in [5.74, 6) is 0. The van der Waals surface area contributed by atoms with Gasteiger partial charge < -0.3 is 5.32 Å². The maximum Gasteiger partial charge on any atom is 0.0227 e. The lowest BCUT2D eigenvalue weighted by molar-refractivity contribution is 0.123. The van der Waals surface area contributed by atoms with E-state index in [9.17, 15) is 0 Å². The van der Waals surface area contributed by atoms with Crippen LogP contribution in [0.1, 0.15) is 38.5 Å². The fourth-order valence-electron chi connectivity index (χ4n) is 2.43. The highest BCUT2D eigenvalue weighted by Crippen LogP contribution is 2.10. The van der Waals surface area contributed by atoms with Crippen molar-refractivity contribution in [3.05, 3.63) is 0 Å². The second kappa shape index (κ2) is 5.69. The third-order valence-electron chi connectivity index (χ3n) is 3.30. The van der Waals surface area contributed by atoms with Crippen LogP contribution in [0.2, 0.25) is 0 Å². The Balaban J connectivity index is 1.71. The zero-order valence-corrected chi connectivity index (χ0v) is 9.10. The van der Waals surface area contributed by atoms with Gasteiger partial charge in [0.1, 0.15) is 0 Å². The average Bonchev–Trinajstić information content (AvgIpc) is 2.48. The van der Waals surface area contributed by atoms with Crippen LogP contribution in [-0.4, -0.2) is 37.2 Å². The molecule has 0 aliphatic carbocycles. The first-order valence-electron chi connectivity index (χ1n) is 6.17. The third kappa shape index (κ3) is 3.23. The highest BCUT2D eigenvalue weighted by atomic mass is 15.5. The van der Waals surface area contributed by atoms with Gasteiger partial charge in [0, 0.05) is 19.1 Å². The summed E-state index contributed by atoms with van der Waals surface area (Å²) in [5.41, 5.74) is 3.69. The van der Waals surface area contributed by atoms with Crippen LogP contribution in [0, 0.1) is 0 Å². The lowest BCUT2D eigenvalue weighted by Gasteiger charge is -2.31. The number of hydrazine groups is 1. The Kier molecular flexibility index (Phi) is 4.22. The summed E-state index contributed by atoms with van der Waals surface area (Å²) in [6.07, 6.45) is 8.12. The molecular weight excluding hydrogens is 174 g/mol. The SMILES string of the molecule is C1CCN(NC2CCCNCC2)CC1. The predicted molar refractivity (Wildman–Crippen MR) is 59.1 cm³/mol. The van der Waals surface area contributed by atoms with Gasteiger partial charge in [-0.1, -0.05) is 6.42 Å². The second-order valence-electron chi connectivity index (χ2n) is 4.55. The number of nitrogens with zero attached hydrogens (tertiary/aromatic N) is 1. The van der Waals surface area contributed by atoms with Crippen LogP contribution >= 0.6 is 0 Å². The van der Waals surface area contributed by atoms with Gasteiger partial charge in [0.25, 0.3) is 0 Å². The van der Waals surface area contributed by atoms with Crippen molar-refractivity contribution in [1.29, 1.82) is 0 Å². The zero-order valence-electron chi connectivity index (χ0n) is 9.10. The molecule has 2 aliphatic heterocycles. The van der Waals surface area contributed by atoms with Gasteiger partial charge >= 0.3 is 0 Å². The molecule has 0 spiro atoms. The van der Waals surface area contributed by atoms with E-state index in [0.29, 0.717) is 0 Å². The first-order chi connectivity index (χ1) is 6.95. The van der Waals surface area contributed by atoms with Crippen molar-refractivity contribution in [3.8, 4) is 0 Å². The van der Waals surface area contributed by atoms with Crippen molar-refractivity contribution in [3.63, 3.8) is 0 Å². The topological polar surface area (TPSA) is 27.3 Å². The van der Waals surface area contributed by atoms with E-state index in [1.54, 1.807) is 0 Å². The fourth-order valence-corrected chi connectivity index (χ4v) is 2.43. The minimum atomic E-state index is 0.725. The van der Waals surface area contributed by atoms with Gasteiger partial charge in [-0.2, -0.15) is 0 Å². The van der Waals surface area contributed by atoms with Crippen LogP contribution in [0.25, 0.3) is 0 Å². The minimum absolute atomic E-state index is 0.725. The Morgan fingerprint density at radius 3 is 2.64 bits per heavy atom. The van der Waals surface area contributed by atoms with Gasteiger partial charge in [0.05, 0.1) is 0 Å². The predicted octanol–water partition coefficient (Wildman–Crippen LogP) is 1.12. The van der Waals surface area contributed by atoms with E-state index >= 15 is 0 Å². The Hall–Kier alpha value is -0.120. The number of rotatable bonds is 2. The van der Waals surface area contributed by atoms with E-state index in [2.05, 4.69) is 15.8 Å². The summed E-state index contributed by atoms with van der Waals surface area (Å²) < 4.78 is 0. The summed E-state index contributed by atoms with van der Waals surface area (Å²) in [7, 11) is 0. The molecule has 0 saturated carbocycles. The summed E-state index contributed by atoms with van der Waals surface area (Å²) in [6, 6.07) is 0.725. The van der Waals surface area contributed by atoms with Crippen molar-refractivity contribution in [2.24, 2.45) is 0 Å². The normalized spacial score (nSPS) is 31.3. The van der Waals surface area contributed by atoms with Gasteiger partial charge in [0.2, 0.25) is 0 Å². The molecular formula is C11H23N3. The lowest BCUT2D eigenvalue weighted by atomic mass is 10.1. The summed E-state index contributed by atoms with van der Waals surface area (Å²) in [4.78, 5) is 0. The molecule has 0 bridgehead atoms. The van der Waals surface area contributed by atoms with E-state index < -0.39 is 0 Å². The van der Waals surface area contributed by atoms with Crippen LogP contribution in [0.5, 0.6) is 0 Å². The lowest BCUT2D eigenvalue weighted by Crippen LogP contribution is -2.47. The van der Waals surface area contributed by atoms with Crippen molar-refractivity contribution in [2.45, 2.75) is 44.6 Å². The molecule has 82 valence electrons. The number of piperidine rings is 1. The molecule has 3 heteroatoms. The van der Waals surface area contributed by atoms with Crippen LogP contribution in [-0.2, 0) is 0 Å². The monoisotopic (exact) mass is 197 g/mol. The molecule has 0 aromatic rings. The Bertz CT molecular complexity index is 147. The summed E-state index contributed by atoms with van der Waals surface area (Å²) in [5, 5.41) is 5.90. The first-order valence-corrected chi connectivity index (χ1v) is 6.17. The molecule has 2 saturated heterocycles. The highest BCUT2D eigenvalue weighted by molar-refractivity contribution is 4.73. The molecule has 0 aromatic heterocycles. The van der Waals surface area contributed by atoms with Crippen LogP contribution in [0.15, 0.2) is 0 Å². The van der Waals surface area contributed by atoms with E-state index in [4.69, 9.17) is 0 Å². The summed E-state index contributed by atoms with van der Waals surface area (Å²) >= 11 is 0. The van der Waals surface area contributed by atoms with Crippen molar-refractivity contribution >= 4 is 0 Å². The summed E-state index contributed by atoms with van der Waals surface area (Å²) in [6.45, 7) is 4.90. The second-order valence-corrected chi connectivity index (χ2v) is 4.55. The number of hydrogen-bond donors (Lipinski definition) is 2. The van der Waals surface area contributed by atoms with Crippen molar-refractivity contribution in [2.75, 3.05) is 26.2 Å². The maximum atomic E-state index is 3.69. The molecule has 0 aromatic carbocycles. The molecule has 2 rings (SSSR count). The van der Waals surface area contributed by atoms with Crippen LogP contribution < -0.4 is 10.7 Å². The van der Waals surface area contributed by atoms with Gasteiger partial charge in [0.15, 0.2) is 0 Å². The van der Waals surface area contributed by atoms with Gasteiger partial charge in [-0.25, -0.2) is 5.01 Å². The molecule has 2 fully saturated rings. The van der Waals surface area contributed by atoms with E-state index in [0.717, 1.165) is 6.04 Å². The standard InChI is InChI=1S/C11H23N3/c1-2-9-14(10-3-1)13-11-5-4-7-12-8-6-11/h11-13H,1-10H2. The van der Waals surface area contributed by atoms with Crippen LogP contribution in [0.4, 0.5) is 0 Å². The molecule has 2 aliphatic rings. The van der Waals surface area contributed by atoms with Crippen LogP contribution in [0.3, 0.4) is 0 Å². The van der Waals surface area contributed by atoms with Gasteiger partial charge in [-0.3, -0.25) is 5.43 Å². The largest absolute Gasteiger partial charge is 0.317 e. The Morgan fingerprint density at radius 2 is 1.79 bits per heavy atom. The minimum Gasteiger partial charge on any atom is -0.317 e. The Morgan fingerprint density at radius 1 is 0.929 bits per heavy atom. The van der Waals surface area contributed by atoms with Crippen molar-refractivity contribution < 1.29 is 0 Å². The van der Waals surface area contributed by atoms with E-state index in [-0.39, 0.29) is 0 Å². The maximum absolute atomic E-state index is 3.69. The highest BCUT2D eigenvalue weighted by Gasteiger charge is 2.16. The van der Waals surface area contributed by atoms with Crippen molar-refractivity contribution in [1.82, 2.24) is 15.8 Å². The molecule has 2 heterocycles. The molecule has 14 heavy (non-hydrogen) atoms. The van der Waals surface area contributed by atoms with Gasteiger partial charge in [-0.15, -0.1) is 0 Å². The molecule has 0 amide bonds. The zero-order chi connectivity index (χ0) is 9.64. The third-order valence-corrected chi connectivity index (χ3v) is 3.30. The number of hydrogen-bond acceptors (Lipinski definition) is 3.